The van der Waals surface area contributed by atoms with Crippen molar-refractivity contribution in [3.8, 4) is 11.1 Å². The monoisotopic (exact) mass is 381 g/mol. The lowest BCUT2D eigenvalue weighted by Crippen LogP contribution is -2.51. The Bertz CT molecular complexity index is 893. The molecule has 1 amide bonds. The van der Waals surface area contributed by atoms with E-state index in [0.717, 1.165) is 22.3 Å². The number of aliphatic carboxylic acids is 1. The highest BCUT2D eigenvalue weighted by Crippen LogP contribution is 2.44. The van der Waals surface area contributed by atoms with Crippen LogP contribution < -0.4 is 0 Å². The molecule has 6 heteroatoms. The average Bonchev–Trinajstić information content (AvgIpc) is 3.10. The SMILES string of the molecule is C[C@H]1OC(C)(C)N(C(=O)OCC2c3ccccc3-c3ccccc32)[C@@H]1C(=O)O. The maximum atomic E-state index is 12.9. The molecule has 1 fully saturated rings. The van der Waals surface area contributed by atoms with E-state index in [-0.39, 0.29) is 12.5 Å². The highest BCUT2D eigenvalue weighted by atomic mass is 16.6. The molecule has 0 saturated carbocycles. The molecule has 0 spiro atoms. The molecule has 2 aromatic rings. The molecule has 4 rings (SSSR count). The lowest BCUT2D eigenvalue weighted by atomic mass is 9.98. The summed E-state index contributed by atoms with van der Waals surface area (Å²) in [6.07, 6.45) is -1.29. The molecule has 1 heterocycles. The second kappa shape index (κ2) is 6.63. The van der Waals surface area contributed by atoms with Crippen LogP contribution in [0.4, 0.5) is 4.79 Å². The summed E-state index contributed by atoms with van der Waals surface area (Å²) in [5, 5.41) is 9.55. The number of nitrogens with zero attached hydrogens (tertiary/aromatic N) is 1. The van der Waals surface area contributed by atoms with E-state index in [9.17, 15) is 14.7 Å². The molecule has 1 saturated heterocycles. The molecule has 28 heavy (non-hydrogen) atoms. The van der Waals surface area contributed by atoms with E-state index >= 15 is 0 Å². The fourth-order valence-corrected chi connectivity index (χ4v) is 4.43. The number of carbonyl (C=O) groups excluding carboxylic acids is 1. The van der Waals surface area contributed by atoms with Crippen molar-refractivity contribution in [1.82, 2.24) is 4.90 Å². The topological polar surface area (TPSA) is 76.1 Å². The van der Waals surface area contributed by atoms with Crippen molar-refractivity contribution in [3.05, 3.63) is 59.7 Å². The van der Waals surface area contributed by atoms with Gasteiger partial charge >= 0.3 is 12.1 Å². The number of fused-ring (bicyclic) bond motifs is 3. The summed E-state index contributed by atoms with van der Waals surface area (Å²) >= 11 is 0. The van der Waals surface area contributed by atoms with Gasteiger partial charge in [0.15, 0.2) is 6.04 Å². The molecule has 2 aromatic carbocycles. The van der Waals surface area contributed by atoms with E-state index in [1.54, 1.807) is 20.8 Å². The predicted octanol–water partition coefficient (Wildman–Crippen LogP) is 3.85. The molecule has 0 radical (unpaired) electrons. The van der Waals surface area contributed by atoms with Crippen LogP contribution in [0.1, 0.15) is 37.8 Å². The minimum absolute atomic E-state index is 0.0799. The van der Waals surface area contributed by atoms with Crippen LogP contribution in [-0.4, -0.2) is 46.5 Å². The minimum atomic E-state index is -1.11. The minimum Gasteiger partial charge on any atom is -0.480 e. The Hall–Kier alpha value is -2.86. The van der Waals surface area contributed by atoms with Gasteiger partial charge in [-0.25, -0.2) is 9.59 Å². The first-order valence-corrected chi connectivity index (χ1v) is 9.36. The van der Waals surface area contributed by atoms with Crippen LogP contribution in [0.3, 0.4) is 0 Å². The summed E-state index contributed by atoms with van der Waals surface area (Å²) in [5.74, 6) is -1.18. The quantitative estimate of drug-likeness (QED) is 0.874. The van der Waals surface area contributed by atoms with E-state index in [0.29, 0.717) is 0 Å². The Morgan fingerprint density at radius 3 is 2.14 bits per heavy atom. The highest BCUT2D eigenvalue weighted by Gasteiger charge is 2.52. The van der Waals surface area contributed by atoms with Crippen LogP contribution in [0.15, 0.2) is 48.5 Å². The van der Waals surface area contributed by atoms with Gasteiger partial charge in [0, 0.05) is 5.92 Å². The van der Waals surface area contributed by atoms with Gasteiger partial charge in [0.2, 0.25) is 0 Å². The van der Waals surface area contributed by atoms with Crippen LogP contribution in [-0.2, 0) is 14.3 Å². The van der Waals surface area contributed by atoms with Gasteiger partial charge in [-0.3, -0.25) is 4.90 Å². The van der Waals surface area contributed by atoms with E-state index in [1.165, 1.54) is 4.90 Å². The lowest BCUT2D eigenvalue weighted by molar-refractivity contribution is -0.143. The van der Waals surface area contributed by atoms with E-state index in [4.69, 9.17) is 9.47 Å². The Labute approximate surface area is 163 Å². The molecular weight excluding hydrogens is 358 g/mol. The van der Waals surface area contributed by atoms with Crippen LogP contribution in [0, 0.1) is 0 Å². The Morgan fingerprint density at radius 2 is 1.61 bits per heavy atom. The van der Waals surface area contributed by atoms with E-state index in [2.05, 4.69) is 12.1 Å². The summed E-state index contributed by atoms with van der Waals surface area (Å²) in [5.41, 5.74) is 3.45. The zero-order chi connectivity index (χ0) is 20.1. The third-order valence-electron chi connectivity index (χ3n) is 5.56. The Kier molecular flexibility index (Phi) is 4.38. The summed E-state index contributed by atoms with van der Waals surface area (Å²) < 4.78 is 11.3. The van der Waals surface area contributed by atoms with Gasteiger partial charge in [-0.2, -0.15) is 0 Å². The highest BCUT2D eigenvalue weighted by molar-refractivity contribution is 5.82. The number of amides is 1. The van der Waals surface area contributed by atoms with E-state index in [1.807, 2.05) is 36.4 Å². The van der Waals surface area contributed by atoms with Gasteiger partial charge in [0.25, 0.3) is 0 Å². The standard InChI is InChI=1S/C22H23NO5/c1-13-19(20(24)25)23(22(2,3)28-13)21(26)27-12-18-16-10-6-4-8-14(16)15-9-5-7-11-17(15)18/h4-11,13,18-19H,12H2,1-3H3,(H,24,25)/t13-,19+/m1/s1. The zero-order valence-corrected chi connectivity index (χ0v) is 16.1. The molecule has 0 bridgehead atoms. The second-order valence-corrected chi connectivity index (χ2v) is 7.73. The number of hydrogen-bond donors (Lipinski definition) is 1. The van der Waals surface area contributed by atoms with Gasteiger partial charge in [0.05, 0.1) is 6.10 Å². The molecular formula is C22H23NO5. The molecule has 2 atom stereocenters. The zero-order valence-electron chi connectivity index (χ0n) is 16.1. The molecule has 2 aliphatic rings. The van der Waals surface area contributed by atoms with Crippen molar-refractivity contribution in [2.75, 3.05) is 6.61 Å². The van der Waals surface area contributed by atoms with Crippen molar-refractivity contribution in [2.45, 2.75) is 44.6 Å². The molecule has 1 N–H and O–H groups in total. The molecule has 1 aliphatic carbocycles. The Morgan fingerprint density at radius 1 is 1.07 bits per heavy atom. The molecule has 6 nitrogen and oxygen atoms in total. The van der Waals surface area contributed by atoms with Gasteiger partial charge in [-0.05, 0) is 43.0 Å². The number of hydrogen-bond acceptors (Lipinski definition) is 4. The maximum Gasteiger partial charge on any atom is 0.412 e. The number of rotatable bonds is 3. The number of carboxylic acids is 1. The molecule has 0 unspecified atom stereocenters. The van der Waals surface area contributed by atoms with Crippen molar-refractivity contribution in [1.29, 1.82) is 0 Å². The number of carbonyl (C=O) groups is 2. The number of benzene rings is 2. The van der Waals surface area contributed by atoms with Crippen LogP contribution >= 0.6 is 0 Å². The number of carboxylic acid groups (broad SMARTS) is 1. The first kappa shape index (κ1) is 18.5. The summed E-state index contributed by atoms with van der Waals surface area (Å²) in [6.45, 7) is 5.14. The van der Waals surface area contributed by atoms with Gasteiger partial charge in [0.1, 0.15) is 12.3 Å². The first-order chi connectivity index (χ1) is 13.3. The molecule has 0 aromatic heterocycles. The van der Waals surface area contributed by atoms with E-state index < -0.39 is 29.9 Å². The van der Waals surface area contributed by atoms with Crippen LogP contribution in [0.25, 0.3) is 11.1 Å². The van der Waals surface area contributed by atoms with Gasteiger partial charge < -0.3 is 14.6 Å². The summed E-state index contributed by atoms with van der Waals surface area (Å²) in [4.78, 5) is 25.7. The van der Waals surface area contributed by atoms with Gasteiger partial charge in [-0.1, -0.05) is 48.5 Å². The Balaban J connectivity index is 1.58. The van der Waals surface area contributed by atoms with Crippen LogP contribution in [0.5, 0.6) is 0 Å². The van der Waals surface area contributed by atoms with Crippen LogP contribution in [0.2, 0.25) is 0 Å². The molecule has 1 aliphatic heterocycles. The first-order valence-electron chi connectivity index (χ1n) is 9.36. The third-order valence-corrected chi connectivity index (χ3v) is 5.56. The number of ether oxygens (including phenoxy) is 2. The average molecular weight is 381 g/mol. The second-order valence-electron chi connectivity index (χ2n) is 7.73. The smallest absolute Gasteiger partial charge is 0.412 e. The van der Waals surface area contributed by atoms with Crippen molar-refractivity contribution >= 4 is 12.1 Å². The summed E-state index contributed by atoms with van der Waals surface area (Å²) in [6, 6.07) is 15.1. The van der Waals surface area contributed by atoms with Crippen molar-refractivity contribution < 1.29 is 24.2 Å². The third kappa shape index (κ3) is 2.85. The lowest BCUT2D eigenvalue weighted by Gasteiger charge is -2.31. The fourth-order valence-electron chi connectivity index (χ4n) is 4.43. The normalized spacial score (nSPS) is 22.6. The summed E-state index contributed by atoms with van der Waals surface area (Å²) in [7, 11) is 0. The molecule has 146 valence electrons. The largest absolute Gasteiger partial charge is 0.480 e. The maximum absolute atomic E-state index is 12.9. The fraction of sp³-hybridized carbons (Fsp3) is 0.364. The van der Waals surface area contributed by atoms with Crippen molar-refractivity contribution in [3.63, 3.8) is 0 Å². The van der Waals surface area contributed by atoms with Gasteiger partial charge in [-0.15, -0.1) is 0 Å². The van der Waals surface area contributed by atoms with Crippen molar-refractivity contribution in [2.24, 2.45) is 0 Å². The predicted molar refractivity (Wildman–Crippen MR) is 103 cm³/mol.